The molecular formula is C46H91NO7P+. The van der Waals surface area contributed by atoms with Crippen molar-refractivity contribution in [2.75, 3.05) is 54.1 Å². The highest BCUT2D eigenvalue weighted by atomic mass is 31.2. The van der Waals surface area contributed by atoms with E-state index in [1.165, 1.54) is 154 Å². The second-order valence-corrected chi connectivity index (χ2v) is 18.2. The number of carbonyl (C=O) groups excluding carboxylic acids is 1. The van der Waals surface area contributed by atoms with Crippen LogP contribution >= 0.6 is 7.82 Å². The molecule has 0 rings (SSSR count). The van der Waals surface area contributed by atoms with Crippen molar-refractivity contribution in [1.82, 2.24) is 0 Å². The zero-order chi connectivity index (χ0) is 40.6. The number of rotatable bonds is 43. The number of quaternary nitrogens is 1. The van der Waals surface area contributed by atoms with Crippen LogP contribution in [0.5, 0.6) is 0 Å². The molecule has 326 valence electrons. The van der Waals surface area contributed by atoms with E-state index in [9.17, 15) is 14.3 Å². The van der Waals surface area contributed by atoms with Gasteiger partial charge in [0.2, 0.25) is 0 Å². The summed E-state index contributed by atoms with van der Waals surface area (Å²) in [5.41, 5.74) is 0. The van der Waals surface area contributed by atoms with E-state index in [-0.39, 0.29) is 25.8 Å². The van der Waals surface area contributed by atoms with Crippen LogP contribution in [0.3, 0.4) is 0 Å². The zero-order valence-corrected chi connectivity index (χ0v) is 37.8. The van der Waals surface area contributed by atoms with Gasteiger partial charge < -0.3 is 18.9 Å². The van der Waals surface area contributed by atoms with Crippen molar-refractivity contribution in [3.8, 4) is 0 Å². The quantitative estimate of drug-likeness (QED) is 0.0216. The standard InChI is InChI=1S/C46H90NO7P/c1-6-8-10-12-14-16-18-20-22-24-25-27-29-31-33-35-37-39-46(48)54-45(44-53-55(49,50)52-42-40-47(3,4)5)43-51-41-38-36-34-32-30-28-26-23-21-19-17-15-13-11-9-7-2/h20-23,45H,6-19,24-44H2,1-5H3/p+1/b22-20-,23-21-/t45-/m1/s1. The van der Waals surface area contributed by atoms with Gasteiger partial charge in [0.15, 0.2) is 0 Å². The van der Waals surface area contributed by atoms with Crippen LogP contribution in [0.15, 0.2) is 24.3 Å². The molecule has 55 heavy (non-hydrogen) atoms. The van der Waals surface area contributed by atoms with Gasteiger partial charge in [-0.2, -0.15) is 0 Å². The molecule has 0 saturated heterocycles. The SMILES string of the molecule is CCCCCCCC/C=C\CCCCCCCCCC(=O)O[C@H](COCCCCCCCC/C=C\CCCCCCCC)COP(=O)(O)OCC[N+](C)(C)C. The summed E-state index contributed by atoms with van der Waals surface area (Å²) in [6.07, 6.45) is 44.9. The summed E-state index contributed by atoms with van der Waals surface area (Å²) in [5.74, 6) is -0.319. The second kappa shape index (κ2) is 39.8. The predicted molar refractivity (Wildman–Crippen MR) is 233 cm³/mol. The normalized spacial score (nSPS) is 13.9. The molecule has 2 atom stereocenters. The number of likely N-dealkylation sites (N-methyl/N-ethyl adjacent to an activating group) is 1. The number of hydrogen-bond donors (Lipinski definition) is 1. The van der Waals surface area contributed by atoms with E-state index < -0.39 is 13.9 Å². The van der Waals surface area contributed by atoms with Gasteiger partial charge in [0, 0.05) is 13.0 Å². The molecule has 0 spiro atoms. The molecule has 0 saturated carbocycles. The highest BCUT2D eigenvalue weighted by Gasteiger charge is 2.26. The molecule has 0 heterocycles. The van der Waals surface area contributed by atoms with Crippen molar-refractivity contribution < 1.29 is 37.3 Å². The molecule has 0 aliphatic carbocycles. The fourth-order valence-corrected chi connectivity index (χ4v) is 7.11. The van der Waals surface area contributed by atoms with Gasteiger partial charge in [-0.1, -0.05) is 160 Å². The molecule has 9 heteroatoms. The summed E-state index contributed by atoms with van der Waals surface area (Å²) in [6, 6.07) is 0. The lowest BCUT2D eigenvalue weighted by Crippen LogP contribution is -2.37. The number of esters is 1. The van der Waals surface area contributed by atoms with Crippen molar-refractivity contribution in [3.05, 3.63) is 24.3 Å². The molecule has 8 nitrogen and oxygen atoms in total. The fraction of sp³-hybridized carbons (Fsp3) is 0.891. The third-order valence-electron chi connectivity index (χ3n) is 9.99. The number of hydrogen-bond acceptors (Lipinski definition) is 6. The average molecular weight is 801 g/mol. The first-order valence-corrected chi connectivity index (χ1v) is 24.6. The van der Waals surface area contributed by atoms with Gasteiger partial charge in [-0.25, -0.2) is 4.57 Å². The Labute approximate surface area is 341 Å². The van der Waals surface area contributed by atoms with E-state index in [1.54, 1.807) is 0 Å². The van der Waals surface area contributed by atoms with Crippen LogP contribution in [0.4, 0.5) is 0 Å². The largest absolute Gasteiger partial charge is 0.472 e. The van der Waals surface area contributed by atoms with Gasteiger partial charge in [-0.05, 0) is 64.2 Å². The summed E-state index contributed by atoms with van der Waals surface area (Å²) in [6.45, 7) is 5.62. The number of allylic oxidation sites excluding steroid dienone is 4. The Morgan fingerprint density at radius 1 is 0.545 bits per heavy atom. The van der Waals surface area contributed by atoms with Gasteiger partial charge in [0.1, 0.15) is 19.3 Å². The summed E-state index contributed by atoms with van der Waals surface area (Å²) in [5, 5.41) is 0. The molecule has 0 aromatic rings. The lowest BCUT2D eigenvalue weighted by atomic mass is 10.1. The number of carbonyl (C=O) groups is 1. The molecule has 0 bridgehead atoms. The van der Waals surface area contributed by atoms with Crippen molar-refractivity contribution >= 4 is 13.8 Å². The van der Waals surface area contributed by atoms with Crippen LogP contribution < -0.4 is 0 Å². The maximum absolute atomic E-state index is 12.7. The number of unbranched alkanes of at least 4 members (excludes halogenated alkanes) is 25. The molecular weight excluding hydrogens is 709 g/mol. The van der Waals surface area contributed by atoms with E-state index >= 15 is 0 Å². The molecule has 0 aliphatic rings. The maximum atomic E-state index is 12.7. The van der Waals surface area contributed by atoms with Gasteiger partial charge in [0.25, 0.3) is 0 Å². The van der Waals surface area contributed by atoms with Gasteiger partial charge in [-0.3, -0.25) is 13.8 Å². The molecule has 0 amide bonds. The molecule has 0 aromatic heterocycles. The Balaban J connectivity index is 4.21. The summed E-state index contributed by atoms with van der Waals surface area (Å²) >= 11 is 0. The first-order valence-electron chi connectivity index (χ1n) is 23.1. The third-order valence-corrected chi connectivity index (χ3v) is 11.0. The van der Waals surface area contributed by atoms with Crippen LogP contribution in [0.2, 0.25) is 0 Å². The number of phosphoric acid groups is 1. The Morgan fingerprint density at radius 3 is 1.38 bits per heavy atom. The Morgan fingerprint density at radius 2 is 0.945 bits per heavy atom. The monoisotopic (exact) mass is 801 g/mol. The minimum Gasteiger partial charge on any atom is -0.457 e. The Hall–Kier alpha value is -1.02. The van der Waals surface area contributed by atoms with Crippen LogP contribution in [0.25, 0.3) is 0 Å². The number of ether oxygens (including phenoxy) is 2. The minimum absolute atomic E-state index is 0.0878. The van der Waals surface area contributed by atoms with Crippen molar-refractivity contribution in [2.45, 2.75) is 213 Å². The van der Waals surface area contributed by atoms with Crippen LogP contribution in [0, 0.1) is 0 Å². The Bertz CT molecular complexity index is 936. The fourth-order valence-electron chi connectivity index (χ4n) is 6.37. The number of phosphoric ester groups is 1. The number of nitrogens with zero attached hydrogens (tertiary/aromatic N) is 1. The van der Waals surface area contributed by atoms with Gasteiger partial charge >= 0.3 is 13.8 Å². The van der Waals surface area contributed by atoms with Crippen molar-refractivity contribution in [1.29, 1.82) is 0 Å². The molecule has 0 radical (unpaired) electrons. The first kappa shape index (κ1) is 54.0. The smallest absolute Gasteiger partial charge is 0.457 e. The van der Waals surface area contributed by atoms with Crippen LogP contribution in [0.1, 0.15) is 206 Å². The molecule has 0 aromatic carbocycles. The summed E-state index contributed by atoms with van der Waals surface area (Å²) in [4.78, 5) is 22.9. The lowest BCUT2D eigenvalue weighted by molar-refractivity contribution is -0.870. The topological polar surface area (TPSA) is 91.3 Å². The van der Waals surface area contributed by atoms with E-state index in [0.29, 0.717) is 24.1 Å². The summed E-state index contributed by atoms with van der Waals surface area (Å²) < 4.78 is 35.0. The zero-order valence-electron chi connectivity index (χ0n) is 36.9. The van der Waals surface area contributed by atoms with Crippen molar-refractivity contribution in [2.24, 2.45) is 0 Å². The predicted octanol–water partition coefficient (Wildman–Crippen LogP) is 13.6. The molecule has 1 unspecified atom stereocenters. The average Bonchev–Trinajstić information content (AvgIpc) is 3.13. The van der Waals surface area contributed by atoms with E-state index in [1.807, 2.05) is 21.1 Å². The minimum atomic E-state index is -4.27. The van der Waals surface area contributed by atoms with Crippen LogP contribution in [-0.4, -0.2) is 75.6 Å². The second-order valence-electron chi connectivity index (χ2n) is 16.8. The Kier molecular flexibility index (Phi) is 39.1. The third kappa shape index (κ3) is 43.9. The molecule has 0 aliphatic heterocycles. The highest BCUT2D eigenvalue weighted by Crippen LogP contribution is 2.43. The molecule has 0 fully saturated rings. The maximum Gasteiger partial charge on any atom is 0.472 e. The van der Waals surface area contributed by atoms with E-state index in [4.69, 9.17) is 18.5 Å². The van der Waals surface area contributed by atoms with E-state index in [2.05, 4.69) is 38.2 Å². The van der Waals surface area contributed by atoms with Crippen molar-refractivity contribution in [3.63, 3.8) is 0 Å². The summed E-state index contributed by atoms with van der Waals surface area (Å²) in [7, 11) is 1.67. The van der Waals surface area contributed by atoms with Gasteiger partial charge in [0.05, 0.1) is 34.4 Å². The first-order chi connectivity index (χ1) is 26.6. The van der Waals surface area contributed by atoms with Gasteiger partial charge in [-0.15, -0.1) is 0 Å². The molecule has 1 N–H and O–H groups in total. The lowest BCUT2D eigenvalue weighted by Gasteiger charge is -2.24. The van der Waals surface area contributed by atoms with E-state index in [0.717, 1.165) is 32.1 Å². The highest BCUT2D eigenvalue weighted by molar-refractivity contribution is 7.47. The van der Waals surface area contributed by atoms with Crippen LogP contribution in [-0.2, 0) is 27.9 Å².